The van der Waals surface area contributed by atoms with Crippen LogP contribution in [0.4, 0.5) is 5.69 Å². The van der Waals surface area contributed by atoms with Gasteiger partial charge < -0.3 is 10.7 Å². The summed E-state index contributed by atoms with van der Waals surface area (Å²) in [6.45, 7) is 0.433. The molecule has 0 spiro atoms. The van der Waals surface area contributed by atoms with Crippen molar-refractivity contribution in [1.29, 1.82) is 0 Å². The van der Waals surface area contributed by atoms with Crippen LogP contribution < -0.4 is 5.73 Å². The standard InChI is InChI=1S/C9H9N3O2/c10-4-6-1-2-7-8(3-6)11-5-9(7)12(13)14/h1-3,5,11H,4,10H2. The molecule has 0 aliphatic rings. The van der Waals surface area contributed by atoms with Crippen molar-refractivity contribution in [3.8, 4) is 0 Å². The van der Waals surface area contributed by atoms with Crippen molar-refractivity contribution < 1.29 is 4.92 Å². The summed E-state index contributed by atoms with van der Waals surface area (Å²) in [6, 6.07) is 5.33. The zero-order valence-corrected chi connectivity index (χ0v) is 7.36. The number of hydrogen-bond donors (Lipinski definition) is 2. The minimum atomic E-state index is -0.402. The molecule has 2 rings (SSSR count). The number of nitrogens with two attached hydrogens (primary N) is 1. The summed E-state index contributed by atoms with van der Waals surface area (Å²) in [5.41, 5.74) is 7.26. The van der Waals surface area contributed by atoms with E-state index in [-0.39, 0.29) is 5.69 Å². The van der Waals surface area contributed by atoms with E-state index in [2.05, 4.69) is 4.98 Å². The van der Waals surface area contributed by atoms with Crippen molar-refractivity contribution in [3.63, 3.8) is 0 Å². The fourth-order valence-corrected chi connectivity index (χ4v) is 1.44. The summed E-state index contributed by atoms with van der Waals surface area (Å²) in [5.74, 6) is 0. The lowest BCUT2D eigenvalue weighted by molar-refractivity contribution is -0.383. The molecule has 0 radical (unpaired) electrons. The number of H-pyrrole nitrogens is 1. The van der Waals surface area contributed by atoms with Crippen molar-refractivity contribution in [2.75, 3.05) is 0 Å². The first-order valence-electron chi connectivity index (χ1n) is 4.17. The molecule has 72 valence electrons. The largest absolute Gasteiger partial charge is 0.355 e. The Bertz CT molecular complexity index is 490. The number of aromatic amines is 1. The molecule has 5 nitrogen and oxygen atoms in total. The van der Waals surface area contributed by atoms with Crippen LogP contribution in [0.1, 0.15) is 5.56 Å². The molecule has 3 N–H and O–H groups in total. The van der Waals surface area contributed by atoms with E-state index in [9.17, 15) is 10.1 Å². The van der Waals surface area contributed by atoms with Gasteiger partial charge in [0.25, 0.3) is 5.69 Å². The lowest BCUT2D eigenvalue weighted by atomic mass is 10.1. The van der Waals surface area contributed by atoms with E-state index in [0.717, 1.165) is 11.1 Å². The van der Waals surface area contributed by atoms with Gasteiger partial charge in [0.1, 0.15) is 0 Å². The van der Waals surface area contributed by atoms with Crippen LogP contribution in [-0.4, -0.2) is 9.91 Å². The molecule has 0 bridgehead atoms. The zero-order valence-electron chi connectivity index (χ0n) is 7.36. The smallest absolute Gasteiger partial charge is 0.294 e. The second-order valence-corrected chi connectivity index (χ2v) is 3.02. The van der Waals surface area contributed by atoms with Gasteiger partial charge in [-0.1, -0.05) is 6.07 Å². The normalized spacial score (nSPS) is 10.6. The number of rotatable bonds is 2. The predicted octanol–water partition coefficient (Wildman–Crippen LogP) is 1.53. The summed E-state index contributed by atoms with van der Waals surface area (Å²) in [4.78, 5) is 13.0. The summed E-state index contributed by atoms with van der Waals surface area (Å²) in [7, 11) is 0. The van der Waals surface area contributed by atoms with Crippen LogP contribution in [-0.2, 0) is 6.54 Å². The average Bonchev–Trinajstić information content (AvgIpc) is 2.59. The second kappa shape index (κ2) is 3.12. The van der Waals surface area contributed by atoms with Gasteiger partial charge in [-0.3, -0.25) is 10.1 Å². The van der Waals surface area contributed by atoms with Gasteiger partial charge in [0.05, 0.1) is 22.0 Å². The molecule has 0 aliphatic heterocycles. The Balaban J connectivity index is 2.65. The molecule has 0 aliphatic carbocycles. The minimum absolute atomic E-state index is 0.101. The van der Waals surface area contributed by atoms with Crippen molar-refractivity contribution in [3.05, 3.63) is 40.1 Å². The number of hydrogen-bond acceptors (Lipinski definition) is 3. The molecule has 1 aromatic heterocycles. The van der Waals surface area contributed by atoms with Crippen LogP contribution in [0.25, 0.3) is 10.9 Å². The highest BCUT2D eigenvalue weighted by Crippen LogP contribution is 2.25. The number of nitro groups is 1. The molecule has 0 fully saturated rings. The Morgan fingerprint density at radius 1 is 1.50 bits per heavy atom. The topological polar surface area (TPSA) is 84.9 Å². The maximum atomic E-state index is 10.6. The number of nitrogens with zero attached hydrogens (tertiary/aromatic N) is 1. The van der Waals surface area contributed by atoms with E-state index in [4.69, 9.17) is 5.73 Å². The highest BCUT2D eigenvalue weighted by molar-refractivity contribution is 5.89. The van der Waals surface area contributed by atoms with Gasteiger partial charge in [0.2, 0.25) is 0 Å². The van der Waals surface area contributed by atoms with E-state index < -0.39 is 4.92 Å². The highest BCUT2D eigenvalue weighted by Gasteiger charge is 2.12. The molecule has 0 amide bonds. The Morgan fingerprint density at radius 3 is 2.93 bits per heavy atom. The number of benzene rings is 1. The molecule has 14 heavy (non-hydrogen) atoms. The van der Waals surface area contributed by atoms with Crippen molar-refractivity contribution in [1.82, 2.24) is 4.98 Å². The third-order valence-electron chi connectivity index (χ3n) is 2.16. The first-order chi connectivity index (χ1) is 6.72. The van der Waals surface area contributed by atoms with Gasteiger partial charge >= 0.3 is 0 Å². The molecule has 0 saturated heterocycles. The quantitative estimate of drug-likeness (QED) is 0.557. The van der Waals surface area contributed by atoms with E-state index >= 15 is 0 Å². The number of aromatic nitrogens is 1. The average molecular weight is 191 g/mol. The van der Waals surface area contributed by atoms with Gasteiger partial charge in [0.15, 0.2) is 0 Å². The lowest BCUT2D eigenvalue weighted by Gasteiger charge is -1.95. The van der Waals surface area contributed by atoms with E-state index in [0.29, 0.717) is 11.9 Å². The SMILES string of the molecule is NCc1ccc2c([N+](=O)[O-])c[nH]c2c1. The molecular weight excluding hydrogens is 182 g/mol. The Morgan fingerprint density at radius 2 is 2.29 bits per heavy atom. The fraction of sp³-hybridized carbons (Fsp3) is 0.111. The van der Waals surface area contributed by atoms with E-state index in [1.807, 2.05) is 6.07 Å². The molecule has 0 saturated carbocycles. The number of nitrogens with one attached hydrogen (secondary N) is 1. The van der Waals surface area contributed by atoms with Crippen LogP contribution >= 0.6 is 0 Å². The van der Waals surface area contributed by atoms with Gasteiger partial charge in [-0.25, -0.2) is 0 Å². The summed E-state index contributed by atoms with van der Waals surface area (Å²) < 4.78 is 0. The third-order valence-corrected chi connectivity index (χ3v) is 2.16. The highest BCUT2D eigenvalue weighted by atomic mass is 16.6. The Kier molecular flexibility index (Phi) is 1.94. The number of fused-ring (bicyclic) bond motifs is 1. The molecule has 5 heteroatoms. The maximum absolute atomic E-state index is 10.6. The van der Waals surface area contributed by atoms with E-state index in [1.165, 1.54) is 6.20 Å². The Labute approximate surface area is 79.7 Å². The molecule has 0 atom stereocenters. The fourth-order valence-electron chi connectivity index (χ4n) is 1.44. The molecule has 0 unspecified atom stereocenters. The zero-order chi connectivity index (χ0) is 10.1. The lowest BCUT2D eigenvalue weighted by Crippen LogP contribution is -1.95. The monoisotopic (exact) mass is 191 g/mol. The van der Waals surface area contributed by atoms with Crippen molar-refractivity contribution in [2.45, 2.75) is 6.54 Å². The van der Waals surface area contributed by atoms with Crippen molar-refractivity contribution in [2.24, 2.45) is 5.73 Å². The van der Waals surface area contributed by atoms with Crippen LogP contribution in [0.15, 0.2) is 24.4 Å². The second-order valence-electron chi connectivity index (χ2n) is 3.02. The first-order valence-corrected chi connectivity index (χ1v) is 4.17. The Hall–Kier alpha value is -1.88. The summed E-state index contributed by atoms with van der Waals surface area (Å²) >= 11 is 0. The minimum Gasteiger partial charge on any atom is -0.355 e. The van der Waals surface area contributed by atoms with Crippen LogP contribution in [0.5, 0.6) is 0 Å². The van der Waals surface area contributed by atoms with Crippen LogP contribution in [0.3, 0.4) is 0 Å². The van der Waals surface area contributed by atoms with Crippen LogP contribution in [0.2, 0.25) is 0 Å². The van der Waals surface area contributed by atoms with Crippen molar-refractivity contribution >= 4 is 16.6 Å². The first kappa shape index (κ1) is 8.71. The molecule has 1 heterocycles. The van der Waals surface area contributed by atoms with E-state index in [1.54, 1.807) is 12.1 Å². The molecular formula is C9H9N3O2. The van der Waals surface area contributed by atoms with Gasteiger partial charge in [-0.05, 0) is 17.7 Å². The van der Waals surface area contributed by atoms with Gasteiger partial charge in [-0.2, -0.15) is 0 Å². The maximum Gasteiger partial charge on any atom is 0.294 e. The van der Waals surface area contributed by atoms with Gasteiger partial charge in [-0.15, -0.1) is 0 Å². The summed E-state index contributed by atoms with van der Waals surface area (Å²) in [6.07, 6.45) is 1.39. The van der Waals surface area contributed by atoms with Crippen LogP contribution in [0, 0.1) is 10.1 Å². The molecule has 2 aromatic rings. The third kappa shape index (κ3) is 1.23. The molecule has 1 aromatic carbocycles. The predicted molar refractivity (Wildman–Crippen MR) is 52.8 cm³/mol. The van der Waals surface area contributed by atoms with Gasteiger partial charge in [0, 0.05) is 6.54 Å². The summed E-state index contributed by atoms with van der Waals surface area (Å²) in [5, 5.41) is 11.2.